The summed E-state index contributed by atoms with van der Waals surface area (Å²) in [7, 11) is 0. The van der Waals surface area contributed by atoms with Crippen LogP contribution in [0.5, 0.6) is 0 Å². The predicted molar refractivity (Wildman–Crippen MR) is 60.8 cm³/mol. The molecular weight excluding hydrogens is 215 g/mol. The minimum Gasteiger partial charge on any atom is -0.306 e. The third-order valence-corrected chi connectivity index (χ3v) is 3.40. The van der Waals surface area contributed by atoms with Crippen molar-refractivity contribution in [1.82, 2.24) is 9.97 Å². The number of benzene rings is 1. The van der Waals surface area contributed by atoms with E-state index in [-0.39, 0.29) is 22.3 Å². The maximum atomic E-state index is 13.6. The fourth-order valence-electron chi connectivity index (χ4n) is 1.49. The number of hydrogen-bond acceptors (Lipinski definition) is 2. The largest absolute Gasteiger partial charge is 0.323 e. The SMILES string of the molecule is CSC(C)c1cc(F)c2[nH]c(=O)[nH]c2c1. The fraction of sp³-hybridized carbons (Fsp3) is 0.300. The Morgan fingerprint density at radius 1 is 1.40 bits per heavy atom. The third kappa shape index (κ3) is 1.79. The van der Waals surface area contributed by atoms with Gasteiger partial charge in [0.1, 0.15) is 11.3 Å². The minimum absolute atomic E-state index is 0.210. The molecule has 1 atom stereocenters. The molecule has 3 nitrogen and oxygen atoms in total. The van der Waals surface area contributed by atoms with E-state index in [0.717, 1.165) is 5.56 Å². The van der Waals surface area contributed by atoms with E-state index in [2.05, 4.69) is 9.97 Å². The third-order valence-electron chi connectivity index (χ3n) is 2.42. The zero-order chi connectivity index (χ0) is 11.0. The van der Waals surface area contributed by atoms with Gasteiger partial charge in [-0.25, -0.2) is 9.18 Å². The molecule has 5 heteroatoms. The summed E-state index contributed by atoms with van der Waals surface area (Å²) in [6.07, 6.45) is 1.96. The molecule has 0 spiro atoms. The summed E-state index contributed by atoms with van der Waals surface area (Å²) < 4.78 is 13.6. The quantitative estimate of drug-likeness (QED) is 0.826. The standard InChI is InChI=1S/C10H11FN2OS/c1-5(15-2)6-3-7(11)9-8(4-6)12-10(14)13-9/h3-5H,1-2H3,(H2,12,13,14). The molecule has 80 valence electrons. The van der Waals surface area contributed by atoms with Crippen molar-refractivity contribution in [1.29, 1.82) is 0 Å². The zero-order valence-electron chi connectivity index (χ0n) is 8.43. The van der Waals surface area contributed by atoms with Gasteiger partial charge in [-0.15, -0.1) is 0 Å². The summed E-state index contributed by atoms with van der Waals surface area (Å²) in [5, 5.41) is 0.210. The average Bonchev–Trinajstić information content (AvgIpc) is 2.58. The van der Waals surface area contributed by atoms with E-state index in [0.29, 0.717) is 5.52 Å². The smallest absolute Gasteiger partial charge is 0.306 e. The van der Waals surface area contributed by atoms with Crippen LogP contribution in [0.1, 0.15) is 17.7 Å². The number of H-pyrrole nitrogens is 2. The number of fused-ring (bicyclic) bond motifs is 1. The van der Waals surface area contributed by atoms with E-state index in [9.17, 15) is 9.18 Å². The van der Waals surface area contributed by atoms with Crippen LogP contribution >= 0.6 is 11.8 Å². The van der Waals surface area contributed by atoms with Crippen LogP contribution in [0, 0.1) is 5.82 Å². The molecule has 2 N–H and O–H groups in total. The van der Waals surface area contributed by atoms with Crippen LogP contribution in [0.4, 0.5) is 4.39 Å². The Labute approximate surface area is 90.1 Å². The number of nitrogens with one attached hydrogen (secondary N) is 2. The van der Waals surface area contributed by atoms with Crippen LogP contribution in [-0.4, -0.2) is 16.2 Å². The van der Waals surface area contributed by atoms with Crippen molar-refractivity contribution in [2.75, 3.05) is 6.26 Å². The first-order valence-corrected chi connectivity index (χ1v) is 5.85. The van der Waals surface area contributed by atoms with Crippen LogP contribution < -0.4 is 5.69 Å². The summed E-state index contributed by atoms with van der Waals surface area (Å²) in [5.74, 6) is -0.387. The van der Waals surface area contributed by atoms with Crippen LogP contribution in [0.3, 0.4) is 0 Å². The molecule has 0 bridgehead atoms. The van der Waals surface area contributed by atoms with Crippen molar-refractivity contribution < 1.29 is 4.39 Å². The van der Waals surface area contributed by atoms with Gasteiger partial charge in [-0.1, -0.05) is 0 Å². The zero-order valence-corrected chi connectivity index (χ0v) is 9.24. The summed E-state index contributed by atoms with van der Waals surface area (Å²) >= 11 is 1.63. The molecule has 0 aliphatic heterocycles. The lowest BCUT2D eigenvalue weighted by Gasteiger charge is -2.08. The van der Waals surface area contributed by atoms with Gasteiger partial charge in [0.05, 0.1) is 5.52 Å². The molecule has 2 aromatic rings. The van der Waals surface area contributed by atoms with Gasteiger partial charge in [-0.05, 0) is 30.9 Å². The van der Waals surface area contributed by atoms with E-state index in [1.807, 2.05) is 13.2 Å². The highest BCUT2D eigenvalue weighted by atomic mass is 32.2. The van der Waals surface area contributed by atoms with Crippen LogP contribution in [-0.2, 0) is 0 Å². The second-order valence-corrected chi connectivity index (χ2v) is 4.56. The molecule has 1 heterocycles. The molecule has 1 aromatic heterocycles. The van der Waals surface area contributed by atoms with Crippen LogP contribution in [0.15, 0.2) is 16.9 Å². The fourth-order valence-corrected chi connectivity index (χ4v) is 1.90. The molecule has 0 aliphatic rings. The molecule has 0 aliphatic carbocycles. The van der Waals surface area contributed by atoms with E-state index < -0.39 is 0 Å². The van der Waals surface area contributed by atoms with E-state index in [1.54, 1.807) is 17.8 Å². The van der Waals surface area contributed by atoms with Crippen molar-refractivity contribution >= 4 is 22.8 Å². The lowest BCUT2D eigenvalue weighted by Crippen LogP contribution is -1.99. The van der Waals surface area contributed by atoms with Gasteiger partial charge in [-0.2, -0.15) is 11.8 Å². The first-order valence-electron chi connectivity index (χ1n) is 4.56. The van der Waals surface area contributed by atoms with Gasteiger partial charge in [0.15, 0.2) is 0 Å². The number of hydrogen-bond donors (Lipinski definition) is 2. The molecule has 0 amide bonds. The number of halogens is 1. The number of rotatable bonds is 2. The van der Waals surface area contributed by atoms with Crippen LogP contribution in [0.2, 0.25) is 0 Å². The van der Waals surface area contributed by atoms with Crippen molar-refractivity contribution in [2.24, 2.45) is 0 Å². The maximum absolute atomic E-state index is 13.6. The molecular formula is C10H11FN2OS. The number of aromatic nitrogens is 2. The Morgan fingerprint density at radius 3 is 2.80 bits per heavy atom. The molecule has 15 heavy (non-hydrogen) atoms. The molecule has 1 aromatic carbocycles. The molecule has 1 unspecified atom stereocenters. The highest BCUT2D eigenvalue weighted by Gasteiger charge is 2.10. The number of thioether (sulfide) groups is 1. The van der Waals surface area contributed by atoms with Gasteiger partial charge in [-0.3, -0.25) is 0 Å². The van der Waals surface area contributed by atoms with Crippen molar-refractivity contribution in [3.05, 3.63) is 34.0 Å². The highest BCUT2D eigenvalue weighted by molar-refractivity contribution is 7.98. The molecule has 0 saturated heterocycles. The number of imidazole rings is 1. The summed E-state index contributed by atoms with van der Waals surface area (Å²) in [5.41, 5.74) is 1.27. The predicted octanol–water partition coefficient (Wildman–Crippen LogP) is 2.42. The summed E-state index contributed by atoms with van der Waals surface area (Å²) in [4.78, 5) is 16.0. The maximum Gasteiger partial charge on any atom is 0.323 e. The Hall–Kier alpha value is -1.23. The Bertz CT molecular complexity index is 546. The Morgan fingerprint density at radius 2 is 2.13 bits per heavy atom. The second-order valence-electron chi connectivity index (χ2n) is 3.38. The first-order chi connectivity index (χ1) is 7.11. The van der Waals surface area contributed by atoms with Gasteiger partial charge in [0.2, 0.25) is 0 Å². The molecule has 0 saturated carbocycles. The average molecular weight is 226 g/mol. The highest BCUT2D eigenvalue weighted by Crippen LogP contribution is 2.28. The Balaban J connectivity index is 2.66. The molecule has 2 rings (SSSR count). The lowest BCUT2D eigenvalue weighted by atomic mass is 10.1. The van der Waals surface area contributed by atoms with Crippen molar-refractivity contribution in [3.8, 4) is 0 Å². The van der Waals surface area contributed by atoms with Crippen molar-refractivity contribution in [3.63, 3.8) is 0 Å². The van der Waals surface area contributed by atoms with Gasteiger partial charge >= 0.3 is 5.69 Å². The second kappa shape index (κ2) is 3.73. The Kier molecular flexibility index (Phi) is 2.56. The summed E-state index contributed by atoms with van der Waals surface area (Å²) in [6, 6.07) is 3.27. The van der Waals surface area contributed by atoms with Gasteiger partial charge in [0, 0.05) is 5.25 Å². The van der Waals surface area contributed by atoms with Crippen molar-refractivity contribution in [2.45, 2.75) is 12.2 Å². The summed E-state index contributed by atoms with van der Waals surface area (Å²) in [6.45, 7) is 2.00. The topological polar surface area (TPSA) is 48.6 Å². The van der Waals surface area contributed by atoms with E-state index in [4.69, 9.17) is 0 Å². The molecule has 0 radical (unpaired) electrons. The first kappa shape index (κ1) is 10.3. The molecule has 0 fully saturated rings. The van der Waals surface area contributed by atoms with E-state index >= 15 is 0 Å². The monoisotopic (exact) mass is 226 g/mol. The van der Waals surface area contributed by atoms with E-state index in [1.165, 1.54) is 6.07 Å². The van der Waals surface area contributed by atoms with Crippen LogP contribution in [0.25, 0.3) is 11.0 Å². The number of aromatic amines is 2. The minimum atomic E-state index is -0.387. The van der Waals surface area contributed by atoms with Gasteiger partial charge in [0.25, 0.3) is 0 Å². The van der Waals surface area contributed by atoms with Gasteiger partial charge < -0.3 is 9.97 Å². The normalized spacial score (nSPS) is 13.3. The lowest BCUT2D eigenvalue weighted by molar-refractivity contribution is 0.635.